The Morgan fingerprint density at radius 3 is 3.07 bits per heavy atom. The first-order valence-electron chi connectivity index (χ1n) is 9.16. The van der Waals surface area contributed by atoms with Gasteiger partial charge in [0.15, 0.2) is 5.13 Å². The van der Waals surface area contributed by atoms with Crippen molar-refractivity contribution < 1.29 is 4.39 Å². The molecule has 2 aromatic rings. The van der Waals surface area contributed by atoms with E-state index in [0.29, 0.717) is 21.6 Å². The molecule has 0 radical (unpaired) electrons. The predicted octanol–water partition coefficient (Wildman–Crippen LogP) is 4.67. The third-order valence-corrected chi connectivity index (χ3v) is 6.62. The molecule has 148 valence electrons. The van der Waals surface area contributed by atoms with E-state index >= 15 is 0 Å². The summed E-state index contributed by atoms with van der Waals surface area (Å²) >= 11 is 8.94. The third-order valence-electron chi connectivity index (χ3n) is 4.66. The van der Waals surface area contributed by atoms with Gasteiger partial charge in [-0.2, -0.15) is 0 Å². The van der Waals surface area contributed by atoms with E-state index in [-0.39, 0.29) is 5.82 Å². The first-order valence-corrected chi connectivity index (χ1v) is 11.2. The summed E-state index contributed by atoms with van der Waals surface area (Å²) in [5.74, 6) is -0.307. The Morgan fingerprint density at radius 1 is 1.41 bits per heavy atom. The van der Waals surface area contributed by atoms with E-state index in [1.165, 1.54) is 42.2 Å². The summed E-state index contributed by atoms with van der Waals surface area (Å²) in [6, 6.07) is 3.64. The van der Waals surface area contributed by atoms with Gasteiger partial charge in [-0.15, -0.1) is 11.3 Å². The summed E-state index contributed by atoms with van der Waals surface area (Å²) < 4.78 is 17.3. The second kappa shape index (κ2) is 10.5. The lowest BCUT2D eigenvalue weighted by molar-refractivity contribution is 0.254. The molecule has 0 bridgehead atoms. The normalized spacial score (nSPS) is 17.4. The fourth-order valence-corrected chi connectivity index (χ4v) is 4.80. The van der Waals surface area contributed by atoms with E-state index in [2.05, 4.69) is 19.9 Å². The minimum Gasteiger partial charge on any atom is -0.384 e. The van der Waals surface area contributed by atoms with Crippen LogP contribution in [-0.2, 0) is 0 Å². The van der Waals surface area contributed by atoms with E-state index < -0.39 is 0 Å². The highest BCUT2D eigenvalue weighted by molar-refractivity contribution is 8.00. The van der Waals surface area contributed by atoms with E-state index in [1.54, 1.807) is 12.3 Å². The molecule has 0 unspecified atom stereocenters. The number of hydrogen-bond donors (Lipinski definition) is 3. The van der Waals surface area contributed by atoms with Crippen molar-refractivity contribution in [3.63, 3.8) is 0 Å². The van der Waals surface area contributed by atoms with E-state index in [9.17, 15) is 4.39 Å². The molecular formula is C18H25ClFN5S2. The number of aromatic nitrogens is 1. The molecule has 27 heavy (non-hydrogen) atoms. The number of rotatable bonds is 10. The van der Waals surface area contributed by atoms with Gasteiger partial charge in [0, 0.05) is 30.7 Å². The van der Waals surface area contributed by atoms with Crippen molar-refractivity contribution in [3.05, 3.63) is 34.5 Å². The van der Waals surface area contributed by atoms with Crippen LogP contribution in [0.4, 0.5) is 15.2 Å². The van der Waals surface area contributed by atoms with Gasteiger partial charge in [0.1, 0.15) is 5.82 Å². The van der Waals surface area contributed by atoms with Gasteiger partial charge in [-0.1, -0.05) is 11.6 Å². The molecule has 1 fully saturated rings. The van der Waals surface area contributed by atoms with E-state index in [4.69, 9.17) is 17.3 Å². The highest BCUT2D eigenvalue weighted by Gasteiger charge is 2.22. The van der Waals surface area contributed by atoms with Gasteiger partial charge in [-0.05, 0) is 62.9 Å². The molecule has 0 amide bonds. The van der Waals surface area contributed by atoms with Gasteiger partial charge >= 0.3 is 0 Å². The number of likely N-dealkylation sites (tertiary alicyclic amines) is 1. The highest BCUT2D eigenvalue weighted by Crippen LogP contribution is 2.32. The van der Waals surface area contributed by atoms with Gasteiger partial charge < -0.3 is 15.8 Å². The topological polar surface area (TPSA) is 66.2 Å². The van der Waals surface area contributed by atoms with E-state index in [0.717, 1.165) is 44.2 Å². The quantitative estimate of drug-likeness (QED) is 0.376. The van der Waals surface area contributed by atoms with Crippen LogP contribution in [0.5, 0.6) is 0 Å². The average Bonchev–Trinajstić information content (AvgIpc) is 3.34. The number of hydrogen-bond acceptors (Lipinski definition) is 7. The van der Waals surface area contributed by atoms with Gasteiger partial charge in [-0.25, -0.2) is 9.37 Å². The zero-order chi connectivity index (χ0) is 19.1. The van der Waals surface area contributed by atoms with Crippen molar-refractivity contribution in [2.75, 3.05) is 36.2 Å². The maximum absolute atomic E-state index is 14.3. The molecule has 2 heterocycles. The average molecular weight is 430 g/mol. The van der Waals surface area contributed by atoms with Crippen molar-refractivity contribution in [1.29, 1.82) is 0 Å². The van der Waals surface area contributed by atoms with Crippen LogP contribution in [0.3, 0.4) is 0 Å². The van der Waals surface area contributed by atoms with E-state index in [1.807, 2.05) is 5.38 Å². The number of benzene rings is 1. The van der Waals surface area contributed by atoms with Crippen LogP contribution < -0.4 is 15.8 Å². The Labute approximate surface area is 173 Å². The molecule has 5 nitrogen and oxygen atoms in total. The fourth-order valence-electron chi connectivity index (χ4n) is 3.23. The first kappa shape index (κ1) is 20.7. The van der Waals surface area contributed by atoms with Crippen molar-refractivity contribution in [3.8, 4) is 0 Å². The lowest BCUT2D eigenvalue weighted by Gasteiger charge is -2.22. The third kappa shape index (κ3) is 5.96. The van der Waals surface area contributed by atoms with Gasteiger partial charge in [0.25, 0.3) is 0 Å². The highest BCUT2D eigenvalue weighted by atomic mass is 35.5. The maximum Gasteiger partial charge on any atom is 0.192 e. The number of nitrogens with one attached hydrogen (secondary N) is 2. The van der Waals surface area contributed by atoms with Crippen LogP contribution in [-0.4, -0.2) is 42.1 Å². The molecule has 4 N–H and O–H groups in total. The van der Waals surface area contributed by atoms with Gasteiger partial charge in [-0.3, -0.25) is 4.90 Å². The summed E-state index contributed by atoms with van der Waals surface area (Å²) in [6.45, 7) is 3.74. The smallest absolute Gasteiger partial charge is 0.192 e. The molecule has 0 aliphatic carbocycles. The lowest BCUT2D eigenvalue weighted by atomic mass is 10.2. The summed E-state index contributed by atoms with van der Waals surface area (Å²) in [6.07, 6.45) is 6.26. The summed E-state index contributed by atoms with van der Waals surface area (Å²) in [7, 11) is 0. The molecule has 0 saturated carbocycles. The summed E-state index contributed by atoms with van der Waals surface area (Å²) in [4.78, 5) is 7.03. The molecule has 1 aliphatic heterocycles. The number of halogens is 2. The second-order valence-electron chi connectivity index (χ2n) is 6.51. The number of anilines is 2. The molecule has 1 atom stereocenters. The molecule has 9 heteroatoms. The summed E-state index contributed by atoms with van der Waals surface area (Å²) in [5, 5.41) is 6.35. The Kier molecular flexibility index (Phi) is 8.02. The maximum atomic E-state index is 14.3. The Balaban J connectivity index is 1.42. The molecule has 1 aromatic heterocycles. The zero-order valence-electron chi connectivity index (χ0n) is 15.1. The Hall–Kier alpha value is -1.06. The number of nitrogens with two attached hydrogens (primary N) is 1. The van der Waals surface area contributed by atoms with Gasteiger partial charge in [0.2, 0.25) is 0 Å². The van der Waals surface area contributed by atoms with Crippen LogP contribution >= 0.6 is 34.9 Å². The van der Waals surface area contributed by atoms with Crippen molar-refractivity contribution in [2.24, 2.45) is 5.73 Å². The number of thiazole rings is 1. The van der Waals surface area contributed by atoms with Crippen molar-refractivity contribution in [1.82, 2.24) is 9.88 Å². The lowest BCUT2D eigenvalue weighted by Crippen LogP contribution is -2.36. The minimum atomic E-state index is -0.307. The first-order chi connectivity index (χ1) is 13.2. The second-order valence-corrected chi connectivity index (χ2v) is 8.66. The van der Waals surface area contributed by atoms with Crippen LogP contribution in [0.25, 0.3) is 0 Å². The standard InChI is InChI=1S/C18H25ClFN5S2/c19-14-10-17(27-24-18-23-6-9-26-18)15(20)11-16(14)22-5-1-2-7-25-8-3-4-13(25)12-21/h6,9-11,13,22H,1-5,7-8,12,21H2,(H,23,24)/t13-/m1/s1. The molecule has 1 aromatic carbocycles. The van der Waals surface area contributed by atoms with Crippen LogP contribution in [0, 0.1) is 5.82 Å². The SMILES string of the molecule is NC[C@H]1CCCN1CCCCNc1cc(F)c(SNc2nccs2)cc1Cl. The van der Waals surface area contributed by atoms with Crippen molar-refractivity contribution >= 4 is 45.7 Å². The summed E-state index contributed by atoms with van der Waals surface area (Å²) in [5.41, 5.74) is 6.44. The minimum absolute atomic E-state index is 0.307. The number of nitrogens with zero attached hydrogens (tertiary/aromatic N) is 2. The monoisotopic (exact) mass is 429 g/mol. The molecule has 1 aliphatic rings. The molecule has 0 spiro atoms. The zero-order valence-corrected chi connectivity index (χ0v) is 17.5. The Bertz CT molecular complexity index is 716. The largest absolute Gasteiger partial charge is 0.384 e. The predicted molar refractivity (Wildman–Crippen MR) is 114 cm³/mol. The Morgan fingerprint density at radius 2 is 2.30 bits per heavy atom. The molecular weight excluding hydrogens is 405 g/mol. The van der Waals surface area contributed by atoms with Crippen LogP contribution in [0.2, 0.25) is 5.02 Å². The van der Waals surface area contributed by atoms with Gasteiger partial charge in [0.05, 0.1) is 15.6 Å². The molecule has 1 saturated heterocycles. The fraction of sp³-hybridized carbons (Fsp3) is 0.500. The van der Waals surface area contributed by atoms with Crippen LogP contribution in [0.1, 0.15) is 25.7 Å². The van der Waals surface area contributed by atoms with Crippen LogP contribution in [0.15, 0.2) is 28.6 Å². The van der Waals surface area contributed by atoms with Crippen molar-refractivity contribution in [2.45, 2.75) is 36.6 Å². The molecule has 3 rings (SSSR count). The number of unbranched alkanes of at least 4 members (excludes halogenated alkanes) is 1.